The van der Waals surface area contributed by atoms with E-state index in [0.29, 0.717) is 52.8 Å². The van der Waals surface area contributed by atoms with E-state index in [1.165, 1.54) is 31.7 Å². The van der Waals surface area contributed by atoms with Gasteiger partial charge in [-0.3, -0.25) is 19.7 Å². The van der Waals surface area contributed by atoms with E-state index in [2.05, 4.69) is 43.2 Å². The molecule has 5 aliphatic rings. The fourth-order valence-corrected chi connectivity index (χ4v) is 10.3. The zero-order chi connectivity index (χ0) is 42.3. The second-order valence-corrected chi connectivity index (χ2v) is 18.3. The van der Waals surface area contributed by atoms with Crippen LogP contribution in [0.1, 0.15) is 61.5 Å². The van der Waals surface area contributed by atoms with Crippen molar-refractivity contribution < 1.29 is 33.4 Å². The van der Waals surface area contributed by atoms with Crippen molar-refractivity contribution in [2.45, 2.75) is 89.6 Å². The van der Waals surface area contributed by atoms with Gasteiger partial charge in [-0.1, -0.05) is 56.3 Å². The molecule has 3 saturated carbocycles. The third kappa shape index (κ3) is 9.13. The molecule has 3 N–H and O–H groups in total. The number of anilines is 1. The minimum Gasteiger partial charge on any atom is -0.496 e. The molecule has 0 radical (unpaired) electrons. The van der Waals surface area contributed by atoms with Crippen molar-refractivity contribution in [3.8, 4) is 16.9 Å². The molecule has 1 amide bonds. The van der Waals surface area contributed by atoms with E-state index in [-0.39, 0.29) is 48.6 Å². The minimum atomic E-state index is -0.793. The van der Waals surface area contributed by atoms with Gasteiger partial charge >= 0.3 is 0 Å². The lowest BCUT2D eigenvalue weighted by molar-refractivity contribution is -0.180. The average molecular weight is 812 g/mol. The van der Waals surface area contributed by atoms with Crippen molar-refractivity contribution in [1.82, 2.24) is 20.6 Å². The first-order chi connectivity index (χ1) is 28.1. The normalized spacial score (nSPS) is 27.8. The lowest BCUT2D eigenvalue weighted by Gasteiger charge is -2.53. The molecule has 3 unspecified atom stereocenters. The Bertz CT molecular complexity index is 2020. The summed E-state index contributed by atoms with van der Waals surface area (Å²) in [5.74, 6) is -0.234. The SMILES string of the molecule is C=C1[C@@H](NC2OC2[C@@H]2[C@H](C(C)=O)[C@H](CO)ON2Cc2cc(F)cc(-c3cc(C(=O)N[C@@H](Cc4ccccc4)CN(C)C)cc(N(C)C)c3)c2OC)C2CC[C@@H]1C(C)(C)C2. The Balaban J connectivity index is 1.17. The van der Waals surface area contributed by atoms with Crippen molar-refractivity contribution in [3.05, 3.63) is 95.3 Å². The summed E-state index contributed by atoms with van der Waals surface area (Å²) >= 11 is 0. The molecule has 12 heteroatoms. The number of Topliss-reactive ketones (excluding diaryl/α,β-unsaturated/α-hetero) is 1. The highest BCUT2D eigenvalue weighted by Gasteiger charge is 2.59. The maximum atomic E-state index is 15.9. The van der Waals surface area contributed by atoms with E-state index in [9.17, 15) is 14.7 Å². The summed E-state index contributed by atoms with van der Waals surface area (Å²) in [4.78, 5) is 37.6. The summed E-state index contributed by atoms with van der Waals surface area (Å²) < 4.78 is 28.3. The highest BCUT2D eigenvalue weighted by Crippen LogP contribution is 2.55. The van der Waals surface area contributed by atoms with E-state index in [1.807, 2.05) is 68.3 Å². The van der Waals surface area contributed by atoms with Crippen LogP contribution in [0.25, 0.3) is 11.1 Å². The van der Waals surface area contributed by atoms with Crippen LogP contribution in [0, 0.1) is 29.0 Å². The zero-order valence-electron chi connectivity index (χ0n) is 35.8. The summed E-state index contributed by atoms with van der Waals surface area (Å²) in [7, 11) is 9.28. The third-order valence-corrected chi connectivity index (χ3v) is 13.0. The summed E-state index contributed by atoms with van der Waals surface area (Å²) in [6.45, 7) is 11.0. The lowest BCUT2D eigenvalue weighted by Crippen LogP contribution is -2.54. The standard InChI is InChI=1S/C47H62FN5O6/c1-27-38-16-15-30(23-47(38,3)4)41(27)50-46-44(58-46)42-40(28(2)55)39(26-54)59-53(42)24-33-19-34(48)22-37(43(33)57-9)31-18-32(21-36(20-31)52(7)8)45(56)49-35(25-51(5)6)17-29-13-11-10-12-14-29/h10-14,18-22,30,35,38-42,44,46,50,54H,1,15-17,23-26H2,2-9H3,(H,49,56)/t30?,35-,38-,39-,40+,41+,42-,44?,46?/m0/s1. The smallest absolute Gasteiger partial charge is 0.251 e. The Labute approximate surface area is 348 Å². The van der Waals surface area contributed by atoms with E-state index in [4.69, 9.17) is 14.3 Å². The van der Waals surface area contributed by atoms with Crippen LogP contribution in [-0.4, -0.2) is 112 Å². The van der Waals surface area contributed by atoms with Crippen LogP contribution in [0.2, 0.25) is 0 Å². The maximum Gasteiger partial charge on any atom is 0.251 e. The van der Waals surface area contributed by atoms with E-state index in [1.54, 1.807) is 11.1 Å². The molecule has 2 saturated heterocycles. The second kappa shape index (κ2) is 17.4. The first-order valence-electron chi connectivity index (χ1n) is 20.9. The highest BCUT2D eigenvalue weighted by atomic mass is 19.1. The molecule has 2 heterocycles. The van der Waals surface area contributed by atoms with Crippen LogP contribution in [-0.2, 0) is 27.3 Å². The molecular formula is C47H62FN5O6. The monoisotopic (exact) mass is 811 g/mol. The Hall–Kier alpha value is -4.17. The summed E-state index contributed by atoms with van der Waals surface area (Å²) in [6, 6.07) is 17.8. The number of aliphatic hydroxyl groups is 1. The van der Waals surface area contributed by atoms with E-state index >= 15 is 4.39 Å². The van der Waals surface area contributed by atoms with Crippen molar-refractivity contribution >= 4 is 17.4 Å². The molecule has 11 nitrogen and oxygen atoms in total. The zero-order valence-corrected chi connectivity index (χ0v) is 35.8. The number of likely N-dealkylation sites (N-methyl/N-ethyl adjacent to an activating group) is 1. The van der Waals surface area contributed by atoms with Crippen molar-refractivity contribution in [2.75, 3.05) is 53.4 Å². The molecule has 318 valence electrons. The molecule has 2 bridgehead atoms. The van der Waals surface area contributed by atoms with Crippen molar-refractivity contribution in [3.63, 3.8) is 0 Å². The van der Waals surface area contributed by atoms with Crippen LogP contribution in [0.3, 0.4) is 0 Å². The predicted octanol–water partition coefficient (Wildman–Crippen LogP) is 5.85. The number of carbonyl (C=O) groups excluding carboxylic acids is 2. The average Bonchev–Trinajstić information content (AvgIpc) is 3.84. The number of hydrogen-bond acceptors (Lipinski definition) is 10. The topological polar surface area (TPSA) is 119 Å². The number of nitrogens with one attached hydrogen (secondary N) is 2. The van der Waals surface area contributed by atoms with Crippen LogP contribution < -0.4 is 20.3 Å². The van der Waals surface area contributed by atoms with Gasteiger partial charge in [-0.05, 0) is 105 Å². The molecular weight excluding hydrogens is 750 g/mol. The van der Waals surface area contributed by atoms with E-state index in [0.717, 1.165) is 30.5 Å². The molecule has 0 spiro atoms. The predicted molar refractivity (Wildman–Crippen MR) is 227 cm³/mol. The number of ketones is 1. The molecule has 0 aromatic heterocycles. The number of nitrogens with zero attached hydrogens (tertiary/aromatic N) is 3. The van der Waals surface area contributed by atoms with Crippen LogP contribution in [0.15, 0.2) is 72.8 Å². The van der Waals surface area contributed by atoms with Gasteiger partial charge in [0.15, 0.2) is 0 Å². The van der Waals surface area contributed by atoms with E-state index < -0.39 is 30.0 Å². The lowest BCUT2D eigenvalue weighted by atomic mass is 9.54. The fourth-order valence-electron chi connectivity index (χ4n) is 10.3. The number of halogens is 1. The minimum absolute atomic E-state index is 0.0485. The molecule has 9 atom stereocenters. The van der Waals surface area contributed by atoms with Gasteiger partial charge in [-0.25, -0.2) is 4.39 Å². The number of epoxide rings is 1. The number of hydrogen-bond donors (Lipinski definition) is 3. The van der Waals surface area contributed by atoms with Crippen molar-refractivity contribution in [1.29, 1.82) is 0 Å². The number of carbonyl (C=O) groups is 2. The molecule has 59 heavy (non-hydrogen) atoms. The Morgan fingerprint density at radius 2 is 1.83 bits per heavy atom. The van der Waals surface area contributed by atoms with Gasteiger partial charge in [0.2, 0.25) is 0 Å². The first kappa shape index (κ1) is 42.9. The number of rotatable bonds is 16. The number of ether oxygens (including phenoxy) is 2. The van der Waals surface area contributed by atoms with Crippen molar-refractivity contribution in [2.24, 2.45) is 23.2 Å². The van der Waals surface area contributed by atoms with Crippen LogP contribution >= 0.6 is 0 Å². The van der Waals surface area contributed by atoms with Gasteiger partial charge in [-0.15, -0.1) is 0 Å². The Morgan fingerprint density at radius 3 is 2.46 bits per heavy atom. The molecule has 3 aliphatic carbocycles. The van der Waals surface area contributed by atoms with Gasteiger partial charge < -0.3 is 29.7 Å². The summed E-state index contributed by atoms with van der Waals surface area (Å²) in [6.07, 6.45) is 2.53. The van der Waals surface area contributed by atoms with Gasteiger partial charge in [0.25, 0.3) is 5.91 Å². The van der Waals surface area contributed by atoms with Gasteiger partial charge in [0.1, 0.15) is 35.8 Å². The highest BCUT2D eigenvalue weighted by molar-refractivity contribution is 5.97. The first-order valence-corrected chi connectivity index (χ1v) is 20.9. The maximum absolute atomic E-state index is 15.9. The number of benzene rings is 3. The molecule has 8 rings (SSSR count). The number of hydroxylamine groups is 2. The molecule has 3 aromatic rings. The second-order valence-electron chi connectivity index (χ2n) is 18.3. The number of fused-ring (bicyclic) bond motifs is 3. The number of methoxy groups -OCH3 is 1. The fraction of sp³-hybridized carbons (Fsp3) is 0.532. The quantitative estimate of drug-likeness (QED) is 0.120. The third-order valence-electron chi connectivity index (χ3n) is 13.0. The van der Waals surface area contributed by atoms with Crippen LogP contribution in [0.4, 0.5) is 10.1 Å². The molecule has 5 fully saturated rings. The number of aliphatic hydroxyl groups excluding tert-OH is 1. The van der Waals surface area contributed by atoms with Gasteiger partial charge in [0, 0.05) is 55.1 Å². The molecule has 3 aromatic carbocycles. The van der Waals surface area contributed by atoms with Gasteiger partial charge in [-0.2, -0.15) is 5.06 Å². The number of amides is 1. The summed E-state index contributed by atoms with van der Waals surface area (Å²) in [5.41, 5.74) is 5.28. The molecule has 2 aliphatic heterocycles. The van der Waals surface area contributed by atoms with Crippen LogP contribution in [0.5, 0.6) is 5.75 Å². The largest absolute Gasteiger partial charge is 0.496 e. The van der Waals surface area contributed by atoms with Gasteiger partial charge in [0.05, 0.1) is 32.2 Å². The summed E-state index contributed by atoms with van der Waals surface area (Å²) in [5, 5.41) is 19.1. The Kier molecular flexibility index (Phi) is 12.7. The Morgan fingerprint density at radius 1 is 1.08 bits per heavy atom.